The largest absolute Gasteiger partial charge is 0.460 e. The molecule has 0 aliphatic rings. The predicted octanol–water partition coefficient (Wildman–Crippen LogP) is 6.22. The quantitative estimate of drug-likeness (QED) is 0.503. The van der Waals surface area contributed by atoms with E-state index in [1.165, 1.54) is 12.1 Å². The summed E-state index contributed by atoms with van der Waals surface area (Å²) in [6, 6.07) is 10.6. The van der Waals surface area contributed by atoms with E-state index in [1.54, 1.807) is 18.2 Å². The molecule has 0 bridgehead atoms. The van der Waals surface area contributed by atoms with E-state index in [0.29, 0.717) is 5.56 Å². The summed E-state index contributed by atoms with van der Waals surface area (Å²) in [6.07, 6.45) is -10.5. The van der Waals surface area contributed by atoms with Crippen molar-refractivity contribution in [3.05, 3.63) is 59.9 Å². The molecule has 0 amide bonds. The van der Waals surface area contributed by atoms with Crippen molar-refractivity contribution in [3.8, 4) is 11.1 Å². The van der Waals surface area contributed by atoms with Gasteiger partial charge in [-0.1, -0.05) is 30.3 Å². The van der Waals surface area contributed by atoms with Gasteiger partial charge in [-0.15, -0.1) is 0 Å². The van der Waals surface area contributed by atoms with Gasteiger partial charge in [0.1, 0.15) is 17.8 Å². The molecule has 0 fully saturated rings. The molecule has 0 radical (unpaired) electrons. The third kappa shape index (κ3) is 3.25. The first-order chi connectivity index (χ1) is 11.1. The Morgan fingerprint density at radius 1 is 0.833 bits per heavy atom. The highest BCUT2D eigenvalue weighted by atomic mass is 19.4. The lowest BCUT2D eigenvalue weighted by Crippen LogP contribution is -2.11. The fourth-order valence-electron chi connectivity index (χ4n) is 2.55. The van der Waals surface area contributed by atoms with Crippen LogP contribution in [0.15, 0.2) is 52.9 Å². The van der Waals surface area contributed by atoms with Gasteiger partial charge in [0.25, 0.3) is 0 Å². The molecule has 0 aliphatic carbocycles. The number of rotatable bonds is 2. The minimum atomic E-state index is -4.59. The lowest BCUT2D eigenvalue weighted by Gasteiger charge is -2.08. The van der Waals surface area contributed by atoms with Gasteiger partial charge >= 0.3 is 12.4 Å². The Kier molecular flexibility index (Phi) is 3.81. The summed E-state index contributed by atoms with van der Waals surface area (Å²) < 4.78 is 82.3. The zero-order valence-electron chi connectivity index (χ0n) is 12.0. The van der Waals surface area contributed by atoms with E-state index in [4.69, 9.17) is 4.42 Å². The maximum atomic E-state index is 12.9. The molecule has 24 heavy (non-hydrogen) atoms. The van der Waals surface area contributed by atoms with Crippen molar-refractivity contribution in [1.29, 1.82) is 0 Å². The summed E-state index contributed by atoms with van der Waals surface area (Å²) in [4.78, 5) is 0. The van der Waals surface area contributed by atoms with Crippen LogP contribution in [-0.4, -0.2) is 6.18 Å². The molecule has 1 heterocycles. The fourth-order valence-corrected chi connectivity index (χ4v) is 2.55. The van der Waals surface area contributed by atoms with Crippen LogP contribution in [0.1, 0.15) is 11.3 Å². The Balaban J connectivity index is 2.27. The molecule has 0 saturated carbocycles. The highest BCUT2D eigenvalue weighted by molar-refractivity contribution is 5.96. The van der Waals surface area contributed by atoms with E-state index in [0.717, 1.165) is 18.2 Å². The molecule has 7 heteroatoms. The first-order valence-corrected chi connectivity index (χ1v) is 6.90. The summed E-state index contributed by atoms with van der Waals surface area (Å²) in [5, 5.41) is 0.00951. The molecule has 0 N–H and O–H groups in total. The Morgan fingerprint density at radius 2 is 1.50 bits per heavy atom. The van der Waals surface area contributed by atoms with Gasteiger partial charge in [-0.25, -0.2) is 0 Å². The summed E-state index contributed by atoms with van der Waals surface area (Å²) in [5.41, 5.74) is -0.545. The van der Waals surface area contributed by atoms with Gasteiger partial charge in [0.05, 0.1) is 5.56 Å². The van der Waals surface area contributed by atoms with Crippen LogP contribution < -0.4 is 0 Å². The van der Waals surface area contributed by atoms with Crippen molar-refractivity contribution in [2.75, 3.05) is 0 Å². The van der Waals surface area contributed by atoms with Crippen LogP contribution >= 0.6 is 0 Å². The third-order valence-electron chi connectivity index (χ3n) is 3.51. The molecule has 0 spiro atoms. The van der Waals surface area contributed by atoms with Gasteiger partial charge in [0.15, 0.2) is 0 Å². The number of halogens is 6. The SMILES string of the molecule is FC(F)(F)Cc1oc2ccc(C(F)(F)F)cc2c1-c1ccccc1. The molecule has 1 nitrogen and oxygen atoms in total. The van der Waals surface area contributed by atoms with Crippen molar-refractivity contribution in [2.45, 2.75) is 18.8 Å². The second-order valence-electron chi connectivity index (χ2n) is 5.27. The Hall–Kier alpha value is -2.44. The maximum absolute atomic E-state index is 12.9. The first kappa shape index (κ1) is 16.4. The molecule has 1 aromatic heterocycles. The maximum Gasteiger partial charge on any atom is 0.416 e. The van der Waals surface area contributed by atoms with Crippen molar-refractivity contribution >= 4 is 11.0 Å². The molecule has 0 aliphatic heterocycles. The molecule has 3 rings (SSSR count). The molecule has 3 aromatic rings. The molecule has 2 aromatic carbocycles. The highest BCUT2D eigenvalue weighted by Crippen LogP contribution is 2.40. The predicted molar refractivity (Wildman–Crippen MR) is 76.4 cm³/mol. The van der Waals surface area contributed by atoms with E-state index < -0.39 is 30.1 Å². The van der Waals surface area contributed by atoms with Crippen LogP contribution in [0.2, 0.25) is 0 Å². The standard InChI is InChI=1S/C17H10F6O/c18-16(19,20)9-14-15(10-4-2-1-3-5-10)12-8-11(17(21,22)23)6-7-13(12)24-14/h1-8H,9H2. The van der Waals surface area contributed by atoms with E-state index in [2.05, 4.69) is 0 Å². The van der Waals surface area contributed by atoms with Gasteiger partial charge in [-0.3, -0.25) is 0 Å². The van der Waals surface area contributed by atoms with E-state index in [9.17, 15) is 26.3 Å². The summed E-state index contributed by atoms with van der Waals surface area (Å²) >= 11 is 0. The smallest absolute Gasteiger partial charge is 0.416 e. The lowest BCUT2D eigenvalue weighted by atomic mass is 9.99. The Bertz CT molecular complexity index is 858. The number of hydrogen-bond acceptors (Lipinski definition) is 1. The first-order valence-electron chi connectivity index (χ1n) is 6.90. The molecule has 0 unspecified atom stereocenters. The van der Waals surface area contributed by atoms with Gasteiger partial charge in [-0.2, -0.15) is 26.3 Å². The molecular weight excluding hydrogens is 334 g/mol. The monoisotopic (exact) mass is 344 g/mol. The number of hydrogen-bond donors (Lipinski definition) is 0. The third-order valence-corrected chi connectivity index (χ3v) is 3.51. The van der Waals surface area contributed by atoms with Crippen LogP contribution in [0.25, 0.3) is 22.1 Å². The Labute approximate surface area is 132 Å². The zero-order valence-corrected chi connectivity index (χ0v) is 12.0. The van der Waals surface area contributed by atoms with Crippen LogP contribution in [0.5, 0.6) is 0 Å². The van der Waals surface area contributed by atoms with Crippen molar-refractivity contribution in [2.24, 2.45) is 0 Å². The van der Waals surface area contributed by atoms with Gasteiger partial charge < -0.3 is 4.42 Å². The van der Waals surface area contributed by atoms with Gasteiger partial charge in [0, 0.05) is 10.9 Å². The average Bonchev–Trinajstić information content (AvgIpc) is 2.81. The minimum Gasteiger partial charge on any atom is -0.460 e. The van der Waals surface area contributed by atoms with Crippen molar-refractivity contribution in [1.82, 2.24) is 0 Å². The molecule has 0 atom stereocenters. The molecule has 126 valence electrons. The number of alkyl halides is 6. The van der Waals surface area contributed by atoms with Gasteiger partial charge in [-0.05, 0) is 23.8 Å². The van der Waals surface area contributed by atoms with Crippen molar-refractivity contribution in [3.63, 3.8) is 0 Å². The number of fused-ring (bicyclic) bond motifs is 1. The minimum absolute atomic E-state index is 0.00951. The van der Waals surface area contributed by atoms with Gasteiger partial charge in [0.2, 0.25) is 0 Å². The lowest BCUT2D eigenvalue weighted by molar-refractivity contribution is -0.137. The van der Waals surface area contributed by atoms with Crippen LogP contribution in [0.3, 0.4) is 0 Å². The second-order valence-corrected chi connectivity index (χ2v) is 5.27. The number of benzene rings is 2. The highest BCUT2D eigenvalue weighted by Gasteiger charge is 2.34. The van der Waals surface area contributed by atoms with E-state index in [-0.39, 0.29) is 16.5 Å². The Morgan fingerprint density at radius 3 is 2.08 bits per heavy atom. The van der Waals surface area contributed by atoms with Crippen LogP contribution in [0, 0.1) is 0 Å². The molecular formula is C17H10F6O. The van der Waals surface area contributed by atoms with E-state index >= 15 is 0 Å². The van der Waals surface area contributed by atoms with E-state index in [1.807, 2.05) is 0 Å². The summed E-state index contributed by atoms with van der Waals surface area (Å²) in [6.45, 7) is 0. The fraction of sp³-hybridized carbons (Fsp3) is 0.176. The van der Waals surface area contributed by atoms with Crippen LogP contribution in [0.4, 0.5) is 26.3 Å². The normalized spacial score (nSPS) is 12.8. The van der Waals surface area contributed by atoms with Crippen molar-refractivity contribution < 1.29 is 30.8 Å². The summed E-state index contributed by atoms with van der Waals surface area (Å²) in [5.74, 6) is -0.400. The summed E-state index contributed by atoms with van der Waals surface area (Å²) in [7, 11) is 0. The zero-order chi connectivity index (χ0) is 17.5. The molecule has 0 saturated heterocycles. The second kappa shape index (κ2) is 5.58. The van der Waals surface area contributed by atoms with Crippen LogP contribution in [-0.2, 0) is 12.6 Å². The average molecular weight is 344 g/mol. The topological polar surface area (TPSA) is 13.1 Å². The number of furan rings is 1.